The largest absolute Gasteiger partial charge is 0.453 e. The predicted molar refractivity (Wildman–Crippen MR) is 188 cm³/mol. The van der Waals surface area contributed by atoms with Crippen LogP contribution in [-0.4, -0.2) is 72.4 Å². The number of amides is 2. The molecule has 6 rings (SSSR count). The van der Waals surface area contributed by atoms with Crippen LogP contribution >= 0.6 is 0 Å². The second kappa shape index (κ2) is 14.5. The molecule has 4 atom stereocenters. The Bertz CT molecular complexity index is 1640. The van der Waals surface area contributed by atoms with Gasteiger partial charge in [-0.1, -0.05) is 44.5 Å². The van der Waals surface area contributed by atoms with Crippen molar-refractivity contribution in [1.29, 1.82) is 0 Å². The molecule has 2 aromatic carbocycles. The summed E-state index contributed by atoms with van der Waals surface area (Å²) < 4.78 is 4.80. The number of aromatic nitrogens is 2. The predicted octanol–water partition coefficient (Wildman–Crippen LogP) is 6.49. The van der Waals surface area contributed by atoms with Gasteiger partial charge in [0.05, 0.1) is 36.4 Å². The molecule has 3 aromatic rings. The third-order valence-corrected chi connectivity index (χ3v) is 10.1. The number of anilines is 1. The number of benzene rings is 2. The van der Waals surface area contributed by atoms with E-state index in [1.807, 2.05) is 24.9 Å². The lowest BCUT2D eigenvalue weighted by Crippen LogP contribution is -2.51. The molecule has 2 amide bonds. The topological polar surface area (TPSA) is 124 Å². The quantitative estimate of drug-likeness (QED) is 0.178. The molecule has 2 fully saturated rings. The SMILES string of the molecule is C=Nc1cc(-c2ccc3c(c2)CCC(c2cnc([C@@H]4CCCN4C(=O)[C@@H](NC(=O)OC)[C@@H](C)CC)[nH]2)=C3)ccc1NC[C@@H]1CCCN1. The third kappa shape index (κ3) is 7.12. The van der Waals surface area contributed by atoms with Crippen LogP contribution in [0.2, 0.25) is 0 Å². The number of carbonyl (C=O) groups excluding carboxylic acids is 2. The zero-order chi connectivity index (χ0) is 32.9. The second-order valence-corrected chi connectivity index (χ2v) is 13.0. The highest BCUT2D eigenvalue weighted by atomic mass is 16.5. The Balaban J connectivity index is 1.16. The normalized spacial score (nSPS) is 20.2. The fourth-order valence-electron chi connectivity index (χ4n) is 7.07. The number of aromatic amines is 1. The number of nitrogens with zero attached hydrogens (tertiary/aromatic N) is 3. The maximum absolute atomic E-state index is 13.7. The maximum atomic E-state index is 13.7. The van der Waals surface area contributed by atoms with E-state index < -0.39 is 12.1 Å². The molecule has 10 heteroatoms. The summed E-state index contributed by atoms with van der Waals surface area (Å²) in [6.07, 6.45) is 10.3. The molecule has 47 heavy (non-hydrogen) atoms. The summed E-state index contributed by atoms with van der Waals surface area (Å²) in [5.74, 6) is 0.678. The van der Waals surface area contributed by atoms with Gasteiger partial charge in [-0.3, -0.25) is 9.79 Å². The number of fused-ring (bicyclic) bond motifs is 1. The van der Waals surface area contributed by atoms with Crippen molar-refractivity contribution in [2.45, 2.75) is 76.9 Å². The van der Waals surface area contributed by atoms with Crippen LogP contribution in [0.4, 0.5) is 16.2 Å². The van der Waals surface area contributed by atoms with Crippen LogP contribution in [0.1, 0.15) is 81.1 Å². The number of alkyl carbamates (subject to hydrolysis) is 1. The van der Waals surface area contributed by atoms with Crippen LogP contribution in [0.5, 0.6) is 0 Å². The van der Waals surface area contributed by atoms with Crippen molar-refractivity contribution >= 4 is 41.7 Å². The first kappa shape index (κ1) is 32.5. The van der Waals surface area contributed by atoms with Gasteiger partial charge in [-0.2, -0.15) is 0 Å². The van der Waals surface area contributed by atoms with E-state index in [2.05, 4.69) is 75.1 Å². The van der Waals surface area contributed by atoms with Gasteiger partial charge in [-0.15, -0.1) is 0 Å². The first-order chi connectivity index (χ1) is 22.9. The highest BCUT2D eigenvalue weighted by Crippen LogP contribution is 2.37. The summed E-state index contributed by atoms with van der Waals surface area (Å²) in [6.45, 7) is 10.4. The van der Waals surface area contributed by atoms with E-state index >= 15 is 0 Å². The lowest BCUT2D eigenvalue weighted by atomic mass is 9.88. The Morgan fingerprint density at radius 1 is 1.15 bits per heavy atom. The number of hydrogen-bond acceptors (Lipinski definition) is 7. The number of hydrogen-bond donors (Lipinski definition) is 4. The molecule has 0 radical (unpaired) electrons. The van der Waals surface area contributed by atoms with Crippen LogP contribution in [-0.2, 0) is 16.0 Å². The van der Waals surface area contributed by atoms with Crippen LogP contribution in [0.25, 0.3) is 22.8 Å². The lowest BCUT2D eigenvalue weighted by Gasteiger charge is -2.30. The van der Waals surface area contributed by atoms with E-state index in [0.29, 0.717) is 12.6 Å². The van der Waals surface area contributed by atoms with Crippen molar-refractivity contribution < 1.29 is 14.3 Å². The molecule has 0 bridgehead atoms. The summed E-state index contributed by atoms with van der Waals surface area (Å²) in [5, 5.41) is 9.85. The molecule has 1 aromatic heterocycles. The number of aliphatic imine (C=N–C) groups is 1. The molecule has 3 heterocycles. The average molecular weight is 638 g/mol. The van der Waals surface area contributed by atoms with Crippen LogP contribution in [0.15, 0.2) is 47.6 Å². The van der Waals surface area contributed by atoms with E-state index in [1.165, 1.54) is 42.2 Å². The Morgan fingerprint density at radius 3 is 2.74 bits per heavy atom. The summed E-state index contributed by atoms with van der Waals surface area (Å²) >= 11 is 0. The molecular formula is C37H47N7O3. The van der Waals surface area contributed by atoms with Gasteiger partial charge in [0.15, 0.2) is 0 Å². The zero-order valence-corrected chi connectivity index (χ0v) is 27.8. The minimum Gasteiger partial charge on any atom is -0.453 e. The molecule has 2 saturated heterocycles. The van der Waals surface area contributed by atoms with Crippen LogP contribution in [0, 0.1) is 5.92 Å². The highest BCUT2D eigenvalue weighted by Gasteiger charge is 2.38. The van der Waals surface area contributed by atoms with Gasteiger partial charge in [0, 0.05) is 19.1 Å². The summed E-state index contributed by atoms with van der Waals surface area (Å²) in [5.41, 5.74) is 8.89. The number of carbonyl (C=O) groups is 2. The Hall–Kier alpha value is -4.44. The summed E-state index contributed by atoms with van der Waals surface area (Å²) in [7, 11) is 1.32. The number of imidazole rings is 1. The molecule has 10 nitrogen and oxygen atoms in total. The van der Waals surface area contributed by atoms with Gasteiger partial charge in [0.25, 0.3) is 0 Å². The number of allylic oxidation sites excluding steroid dienone is 1. The molecule has 4 N–H and O–H groups in total. The number of H-pyrrole nitrogens is 1. The first-order valence-electron chi connectivity index (χ1n) is 17.0. The number of ether oxygens (including phenoxy) is 1. The van der Waals surface area contributed by atoms with Crippen molar-refractivity contribution in [3.63, 3.8) is 0 Å². The Labute approximate surface area is 277 Å². The first-order valence-corrected chi connectivity index (χ1v) is 17.0. The maximum Gasteiger partial charge on any atom is 0.407 e. The minimum atomic E-state index is -0.640. The van der Waals surface area contributed by atoms with E-state index in [4.69, 9.17) is 9.72 Å². The number of aryl methyl sites for hydroxylation is 1. The summed E-state index contributed by atoms with van der Waals surface area (Å²) in [6, 6.07) is 12.7. The van der Waals surface area contributed by atoms with Gasteiger partial charge in [0.1, 0.15) is 11.9 Å². The highest BCUT2D eigenvalue weighted by molar-refractivity contribution is 5.87. The monoisotopic (exact) mass is 637 g/mol. The van der Waals surface area contributed by atoms with Crippen LogP contribution in [0.3, 0.4) is 0 Å². The molecule has 1 aliphatic carbocycles. The Kier molecular flexibility index (Phi) is 10.1. The number of methoxy groups -OCH3 is 1. The standard InChI is InChI=1S/C37H47N7O3/c1-5-23(2)34(43-37(46)47-4)36(45)44-17-7-9-33(44)35-41-22-32(42-35)28-13-12-24-18-25(10-11-26(24)19-28)27-14-15-30(31(20-27)38-3)40-21-29-8-6-16-39-29/h10-11,14-15,18-20,22-23,29,33-34,39-40H,3,5-9,12-13,16-17,21H2,1-2,4H3,(H,41,42)(H,43,46)/t23-,29-,33-,34-/m0/s1. The van der Waals surface area contributed by atoms with Gasteiger partial charge in [-0.25, -0.2) is 9.78 Å². The molecule has 248 valence electrons. The Morgan fingerprint density at radius 2 is 1.98 bits per heavy atom. The number of likely N-dealkylation sites (tertiary alicyclic amines) is 1. The molecular weight excluding hydrogens is 590 g/mol. The molecule has 2 aliphatic heterocycles. The van der Waals surface area contributed by atoms with E-state index in [9.17, 15) is 9.59 Å². The minimum absolute atomic E-state index is 0.0240. The van der Waals surface area contributed by atoms with E-state index in [1.54, 1.807) is 0 Å². The fraction of sp³-hybridized carbons (Fsp3) is 0.459. The molecule has 0 saturated carbocycles. The zero-order valence-electron chi connectivity index (χ0n) is 27.8. The van der Waals surface area contributed by atoms with Crippen molar-refractivity contribution in [3.05, 3.63) is 65.2 Å². The van der Waals surface area contributed by atoms with E-state index in [0.717, 1.165) is 73.7 Å². The third-order valence-electron chi connectivity index (χ3n) is 10.1. The molecule has 0 unspecified atom stereocenters. The smallest absolute Gasteiger partial charge is 0.407 e. The second-order valence-electron chi connectivity index (χ2n) is 13.0. The van der Waals surface area contributed by atoms with Crippen molar-refractivity contribution in [2.75, 3.05) is 32.1 Å². The van der Waals surface area contributed by atoms with Crippen molar-refractivity contribution in [3.8, 4) is 11.1 Å². The van der Waals surface area contributed by atoms with Gasteiger partial charge < -0.3 is 30.6 Å². The summed E-state index contributed by atoms with van der Waals surface area (Å²) in [4.78, 5) is 40.2. The lowest BCUT2D eigenvalue weighted by molar-refractivity contribution is -0.135. The molecule has 3 aliphatic rings. The van der Waals surface area contributed by atoms with Crippen molar-refractivity contribution in [2.24, 2.45) is 10.9 Å². The van der Waals surface area contributed by atoms with Crippen LogP contribution < -0.4 is 16.0 Å². The average Bonchev–Trinajstić information content (AvgIpc) is 3.91. The molecule has 0 spiro atoms. The van der Waals surface area contributed by atoms with E-state index in [-0.39, 0.29) is 17.9 Å². The number of nitrogens with one attached hydrogen (secondary N) is 4. The fourth-order valence-corrected chi connectivity index (χ4v) is 7.07. The van der Waals surface area contributed by atoms with Crippen molar-refractivity contribution in [1.82, 2.24) is 25.5 Å². The van der Waals surface area contributed by atoms with Gasteiger partial charge in [0.2, 0.25) is 5.91 Å². The number of rotatable bonds is 11. The van der Waals surface area contributed by atoms with Gasteiger partial charge in [-0.05, 0) is 104 Å². The van der Waals surface area contributed by atoms with Gasteiger partial charge >= 0.3 is 6.09 Å².